The Hall–Kier alpha value is -2.72. The van der Waals surface area contributed by atoms with Crippen molar-refractivity contribution < 1.29 is 27.2 Å². The van der Waals surface area contributed by atoms with Crippen molar-refractivity contribution in [2.75, 3.05) is 16.4 Å². The van der Waals surface area contributed by atoms with E-state index in [9.17, 15) is 27.2 Å². The molecule has 1 aliphatic rings. The lowest BCUT2D eigenvalue weighted by molar-refractivity contribution is -0.117. The van der Waals surface area contributed by atoms with Crippen molar-refractivity contribution in [3.63, 3.8) is 0 Å². The lowest BCUT2D eigenvalue weighted by Crippen LogP contribution is -2.19. The lowest BCUT2D eigenvalue weighted by Gasteiger charge is -2.12. The molecule has 188 valence electrons. The Morgan fingerprint density at radius 2 is 1.56 bits per heavy atom. The fourth-order valence-corrected chi connectivity index (χ4v) is 4.88. The van der Waals surface area contributed by atoms with Gasteiger partial charge in [-0.25, -0.2) is 17.6 Å². The summed E-state index contributed by atoms with van der Waals surface area (Å²) in [6.07, 6.45) is 0. The van der Waals surface area contributed by atoms with E-state index in [2.05, 4.69) is 10.6 Å². The van der Waals surface area contributed by atoms with Crippen LogP contribution in [0.2, 0.25) is 10.0 Å². The quantitative estimate of drug-likeness (QED) is 0.174. The normalized spacial score (nSPS) is 18.0. The van der Waals surface area contributed by atoms with E-state index in [-0.39, 0.29) is 10.7 Å². The molecular weight excluding hydrogens is 568 g/mol. The first-order chi connectivity index (χ1) is 16.8. The molecule has 2 amide bonds. The van der Waals surface area contributed by atoms with Crippen LogP contribution in [0.5, 0.6) is 0 Å². The number of nitrogen functional groups attached to an aromatic ring is 1. The molecule has 0 unspecified atom stereocenters. The fourth-order valence-electron chi connectivity index (χ4n) is 3.67. The molecule has 0 bridgehead atoms. The minimum Gasteiger partial charge on any atom is -0.396 e. The Kier molecular flexibility index (Phi) is 7.04. The predicted molar refractivity (Wildman–Crippen MR) is 131 cm³/mol. The summed E-state index contributed by atoms with van der Waals surface area (Å²) in [5.74, 6) is -7.44. The van der Waals surface area contributed by atoms with Gasteiger partial charge in [0, 0.05) is 17.7 Å². The second-order valence-electron chi connectivity index (χ2n) is 7.92. The van der Waals surface area contributed by atoms with Crippen LogP contribution < -0.4 is 16.4 Å². The molecule has 0 aromatic heterocycles. The van der Waals surface area contributed by atoms with Gasteiger partial charge in [-0.2, -0.15) is 0 Å². The van der Waals surface area contributed by atoms with Crippen LogP contribution in [-0.2, 0) is 4.79 Å². The predicted octanol–water partition coefficient (Wildman–Crippen LogP) is 6.91. The monoisotopic (exact) mass is 579 g/mol. The van der Waals surface area contributed by atoms with E-state index in [1.54, 1.807) is 0 Å². The number of carbonyl (C=O) groups is 2. The molecule has 3 aromatic rings. The molecule has 0 heterocycles. The van der Waals surface area contributed by atoms with E-state index in [1.165, 1.54) is 12.1 Å². The number of anilines is 3. The maximum atomic E-state index is 14.5. The standard InChI is InChI=1S/C23H13Cl4F4N3O2/c24-11-3-8(1-2-12(11)28)18-19(23(18,26)27)22(36)33-9-4-10(20(25)15(31)5-9)21(35)34-17-7-16(32)13(29)6-14(17)30/h1-7,18-19H,32H2,(H,33,36)(H,34,35)/t18-,19+/m0/s1. The van der Waals surface area contributed by atoms with Gasteiger partial charge in [-0.15, -0.1) is 23.2 Å². The Bertz CT molecular complexity index is 1420. The summed E-state index contributed by atoms with van der Waals surface area (Å²) in [5.41, 5.74) is 4.25. The van der Waals surface area contributed by atoms with E-state index in [0.717, 1.165) is 24.3 Å². The molecule has 4 rings (SSSR count). The van der Waals surface area contributed by atoms with Gasteiger partial charge in [-0.1, -0.05) is 29.3 Å². The summed E-state index contributed by atoms with van der Waals surface area (Å²) < 4.78 is 53.8. The topological polar surface area (TPSA) is 84.2 Å². The van der Waals surface area contributed by atoms with Crippen LogP contribution in [0.3, 0.4) is 0 Å². The highest BCUT2D eigenvalue weighted by atomic mass is 35.5. The third-order valence-corrected chi connectivity index (χ3v) is 7.13. The number of halogens is 8. The Labute approximate surface area is 221 Å². The first kappa shape index (κ1) is 26.3. The molecule has 4 N–H and O–H groups in total. The Morgan fingerprint density at radius 1 is 0.861 bits per heavy atom. The van der Waals surface area contributed by atoms with Gasteiger partial charge in [0.05, 0.1) is 32.9 Å². The molecule has 0 radical (unpaired) electrons. The van der Waals surface area contributed by atoms with Gasteiger partial charge in [0.1, 0.15) is 27.6 Å². The smallest absolute Gasteiger partial charge is 0.257 e. The van der Waals surface area contributed by atoms with Crippen molar-refractivity contribution in [1.29, 1.82) is 0 Å². The highest BCUT2D eigenvalue weighted by Gasteiger charge is 2.67. The van der Waals surface area contributed by atoms with E-state index in [4.69, 9.17) is 52.1 Å². The van der Waals surface area contributed by atoms with Gasteiger partial charge in [-0.05, 0) is 35.9 Å². The van der Waals surface area contributed by atoms with Crippen molar-refractivity contribution in [3.05, 3.63) is 86.9 Å². The summed E-state index contributed by atoms with van der Waals surface area (Å²) in [4.78, 5) is 25.5. The van der Waals surface area contributed by atoms with E-state index < -0.39 is 73.2 Å². The Balaban J connectivity index is 1.56. The minimum absolute atomic E-state index is 0.182. The first-order valence-corrected chi connectivity index (χ1v) is 11.5. The number of benzene rings is 3. The number of rotatable bonds is 5. The van der Waals surface area contributed by atoms with Crippen LogP contribution in [0.25, 0.3) is 0 Å². The van der Waals surface area contributed by atoms with Crippen LogP contribution in [-0.4, -0.2) is 16.1 Å². The number of carbonyl (C=O) groups excluding carboxylic acids is 2. The molecule has 1 fully saturated rings. The largest absolute Gasteiger partial charge is 0.396 e. The molecule has 5 nitrogen and oxygen atoms in total. The summed E-state index contributed by atoms with van der Waals surface area (Å²) >= 11 is 24.2. The van der Waals surface area contributed by atoms with Crippen molar-refractivity contribution in [3.8, 4) is 0 Å². The second-order valence-corrected chi connectivity index (χ2v) is 10.1. The zero-order valence-electron chi connectivity index (χ0n) is 17.6. The van der Waals surface area contributed by atoms with Crippen molar-refractivity contribution in [2.45, 2.75) is 10.3 Å². The molecule has 1 saturated carbocycles. The first-order valence-electron chi connectivity index (χ1n) is 9.99. The molecule has 13 heteroatoms. The number of hydrogen-bond donors (Lipinski definition) is 3. The van der Waals surface area contributed by atoms with Crippen LogP contribution >= 0.6 is 46.4 Å². The molecule has 36 heavy (non-hydrogen) atoms. The lowest BCUT2D eigenvalue weighted by atomic mass is 10.1. The van der Waals surface area contributed by atoms with Gasteiger partial charge < -0.3 is 16.4 Å². The Morgan fingerprint density at radius 3 is 2.22 bits per heavy atom. The van der Waals surface area contributed by atoms with Crippen molar-refractivity contribution >= 4 is 75.3 Å². The third-order valence-electron chi connectivity index (χ3n) is 5.51. The highest BCUT2D eigenvalue weighted by Crippen LogP contribution is 2.65. The highest BCUT2D eigenvalue weighted by molar-refractivity contribution is 6.53. The summed E-state index contributed by atoms with van der Waals surface area (Å²) in [6.45, 7) is 0. The fraction of sp³-hybridized carbons (Fsp3) is 0.130. The summed E-state index contributed by atoms with van der Waals surface area (Å²) in [7, 11) is 0. The van der Waals surface area contributed by atoms with E-state index >= 15 is 0 Å². The number of nitrogens with one attached hydrogen (secondary N) is 2. The van der Waals surface area contributed by atoms with Crippen LogP contribution in [0.1, 0.15) is 21.8 Å². The van der Waals surface area contributed by atoms with Gasteiger partial charge in [0.15, 0.2) is 0 Å². The summed E-state index contributed by atoms with van der Waals surface area (Å²) in [5, 5.41) is 3.72. The third kappa shape index (κ3) is 4.93. The van der Waals surface area contributed by atoms with Crippen LogP contribution in [0.15, 0.2) is 42.5 Å². The minimum atomic E-state index is -1.56. The molecular formula is C23H13Cl4F4N3O2. The van der Waals surface area contributed by atoms with Gasteiger partial charge >= 0.3 is 0 Å². The number of nitrogens with two attached hydrogens (primary N) is 1. The second kappa shape index (κ2) is 9.63. The average Bonchev–Trinajstić information content (AvgIpc) is 3.38. The van der Waals surface area contributed by atoms with Gasteiger partial charge in [0.2, 0.25) is 5.91 Å². The molecule has 0 spiro atoms. The zero-order chi connectivity index (χ0) is 26.5. The van der Waals surface area contributed by atoms with Crippen molar-refractivity contribution in [1.82, 2.24) is 0 Å². The molecule has 1 aliphatic carbocycles. The van der Waals surface area contributed by atoms with E-state index in [0.29, 0.717) is 11.6 Å². The number of amides is 2. The molecule has 2 atom stereocenters. The molecule has 0 aliphatic heterocycles. The summed E-state index contributed by atoms with van der Waals surface area (Å²) in [6, 6.07) is 6.97. The van der Waals surface area contributed by atoms with Gasteiger partial charge in [0.25, 0.3) is 5.91 Å². The zero-order valence-corrected chi connectivity index (χ0v) is 20.6. The molecule has 3 aromatic carbocycles. The average molecular weight is 581 g/mol. The SMILES string of the molecule is Nc1cc(NC(=O)c2cc(NC(=O)[C@H]3[C@H](c4ccc(F)c(Cl)c4)C3(Cl)Cl)cc(F)c2Cl)c(F)cc1F. The number of alkyl halides is 2. The van der Waals surface area contributed by atoms with Crippen LogP contribution in [0, 0.1) is 29.2 Å². The maximum absolute atomic E-state index is 14.5. The van der Waals surface area contributed by atoms with E-state index in [1.807, 2.05) is 0 Å². The molecule has 0 saturated heterocycles. The number of hydrogen-bond acceptors (Lipinski definition) is 3. The van der Waals surface area contributed by atoms with Crippen molar-refractivity contribution in [2.24, 2.45) is 5.92 Å². The maximum Gasteiger partial charge on any atom is 0.257 e. The van der Waals surface area contributed by atoms with Crippen LogP contribution in [0.4, 0.5) is 34.6 Å². The van der Waals surface area contributed by atoms with Gasteiger partial charge in [-0.3, -0.25) is 9.59 Å².